The van der Waals surface area contributed by atoms with Crippen molar-refractivity contribution in [3.63, 3.8) is 0 Å². The van der Waals surface area contributed by atoms with Gasteiger partial charge in [-0.1, -0.05) is 6.08 Å². The Morgan fingerprint density at radius 3 is 2.93 bits per heavy atom. The van der Waals surface area contributed by atoms with Crippen molar-refractivity contribution in [3.8, 4) is 6.07 Å². The first-order valence-corrected chi connectivity index (χ1v) is 9.82. The number of H-pyrrole nitrogens is 1. The van der Waals surface area contributed by atoms with Gasteiger partial charge in [-0.3, -0.25) is 9.59 Å². The largest absolute Gasteiger partial charge is 0.346 e. The lowest BCUT2D eigenvalue weighted by atomic mass is 9.93. The van der Waals surface area contributed by atoms with Gasteiger partial charge in [0.1, 0.15) is 17.9 Å². The lowest BCUT2D eigenvalue weighted by Crippen LogP contribution is -2.42. The van der Waals surface area contributed by atoms with E-state index in [9.17, 15) is 9.59 Å². The van der Waals surface area contributed by atoms with Crippen LogP contribution in [0, 0.1) is 17.2 Å². The molecule has 0 aromatic carbocycles. The Labute approximate surface area is 162 Å². The van der Waals surface area contributed by atoms with E-state index < -0.39 is 0 Å². The molecule has 2 aromatic heterocycles. The van der Waals surface area contributed by atoms with E-state index in [0.717, 1.165) is 48.7 Å². The summed E-state index contributed by atoms with van der Waals surface area (Å²) in [5, 5.41) is 12.8. The van der Waals surface area contributed by atoms with E-state index in [1.54, 1.807) is 0 Å². The second-order valence-electron chi connectivity index (χ2n) is 7.89. The van der Waals surface area contributed by atoms with Gasteiger partial charge in [0.2, 0.25) is 11.8 Å². The number of carbonyl (C=O) groups is 2. The predicted molar refractivity (Wildman–Crippen MR) is 104 cm³/mol. The Morgan fingerprint density at radius 1 is 1.32 bits per heavy atom. The van der Waals surface area contributed by atoms with Crippen LogP contribution in [-0.2, 0) is 9.59 Å². The summed E-state index contributed by atoms with van der Waals surface area (Å²) >= 11 is 0. The fraction of sp³-hybridized carbons (Fsp3) is 0.429. The molecular formula is C21H21N5O2. The fourth-order valence-electron chi connectivity index (χ4n) is 4.52. The maximum Gasteiger partial charge on any atom is 0.237 e. The van der Waals surface area contributed by atoms with E-state index in [0.29, 0.717) is 5.82 Å². The molecular weight excluding hydrogens is 354 g/mol. The molecule has 2 aromatic rings. The maximum absolute atomic E-state index is 12.3. The molecule has 2 amide bonds. The highest BCUT2D eigenvalue weighted by atomic mass is 16.2. The van der Waals surface area contributed by atoms with Crippen LogP contribution in [0.5, 0.6) is 0 Å². The SMILES string of the molecule is N#CCC(=O)N1[C@@H]2CC[C@H]1C=C(c1cc(NC(=O)C3CC3)nc3[nH]ccc13)C2. The minimum absolute atomic E-state index is 0.0373. The molecule has 3 aliphatic rings. The van der Waals surface area contributed by atoms with Crippen molar-refractivity contribution in [1.82, 2.24) is 14.9 Å². The zero-order chi connectivity index (χ0) is 19.3. The van der Waals surface area contributed by atoms with Gasteiger partial charge in [-0.25, -0.2) is 4.98 Å². The standard InChI is InChI=1S/C21H21N5O2/c22-7-5-19(27)26-14-3-4-15(26)10-13(9-14)17-11-18(25-21(28)12-1-2-12)24-20-16(17)6-8-23-20/h6,8-9,11-12,14-15H,1-5,10H2,(H2,23,24,25,28)/t14-,15+/m0/s1. The normalized spacial score (nSPS) is 23.4. The van der Waals surface area contributed by atoms with Gasteiger partial charge in [0.15, 0.2) is 0 Å². The average molecular weight is 375 g/mol. The molecule has 7 nitrogen and oxygen atoms in total. The zero-order valence-corrected chi connectivity index (χ0v) is 15.4. The minimum atomic E-state index is -0.0794. The fourth-order valence-corrected chi connectivity index (χ4v) is 4.52. The number of anilines is 1. The molecule has 2 N–H and O–H groups in total. The van der Waals surface area contributed by atoms with Gasteiger partial charge in [-0.05, 0) is 55.4 Å². The van der Waals surface area contributed by atoms with Gasteiger partial charge in [0, 0.05) is 23.5 Å². The first-order valence-electron chi connectivity index (χ1n) is 9.82. The molecule has 4 heterocycles. The van der Waals surface area contributed by atoms with Crippen LogP contribution in [-0.4, -0.2) is 38.8 Å². The van der Waals surface area contributed by atoms with Crippen molar-refractivity contribution >= 4 is 34.2 Å². The highest BCUT2D eigenvalue weighted by Gasteiger charge is 2.39. The number of nitriles is 1. The van der Waals surface area contributed by atoms with Gasteiger partial charge < -0.3 is 15.2 Å². The minimum Gasteiger partial charge on any atom is -0.346 e. The number of rotatable bonds is 4. The Balaban J connectivity index is 1.50. The van der Waals surface area contributed by atoms with Crippen LogP contribution in [0.25, 0.3) is 16.6 Å². The van der Waals surface area contributed by atoms with Crippen molar-refractivity contribution in [2.75, 3.05) is 5.32 Å². The highest BCUT2D eigenvalue weighted by Crippen LogP contribution is 2.41. The molecule has 2 atom stereocenters. The summed E-state index contributed by atoms with van der Waals surface area (Å²) in [6, 6.07) is 6.10. The summed E-state index contributed by atoms with van der Waals surface area (Å²) in [5.41, 5.74) is 2.99. The smallest absolute Gasteiger partial charge is 0.237 e. The number of hydrogen-bond donors (Lipinski definition) is 2. The number of amides is 2. The van der Waals surface area contributed by atoms with Crippen LogP contribution in [0.1, 0.15) is 44.1 Å². The van der Waals surface area contributed by atoms with Gasteiger partial charge in [-0.15, -0.1) is 0 Å². The van der Waals surface area contributed by atoms with E-state index in [2.05, 4.69) is 21.4 Å². The van der Waals surface area contributed by atoms with E-state index in [4.69, 9.17) is 5.26 Å². The lowest BCUT2D eigenvalue weighted by molar-refractivity contribution is -0.132. The van der Waals surface area contributed by atoms with Crippen LogP contribution in [0.4, 0.5) is 5.82 Å². The molecule has 7 heteroatoms. The van der Waals surface area contributed by atoms with Crippen molar-refractivity contribution < 1.29 is 9.59 Å². The van der Waals surface area contributed by atoms with Crippen LogP contribution >= 0.6 is 0 Å². The first-order chi connectivity index (χ1) is 13.6. The van der Waals surface area contributed by atoms with E-state index in [1.165, 1.54) is 5.57 Å². The average Bonchev–Trinajstić information content (AvgIpc) is 3.37. The van der Waals surface area contributed by atoms with Crippen LogP contribution in [0.2, 0.25) is 0 Å². The summed E-state index contributed by atoms with van der Waals surface area (Å²) < 4.78 is 0. The molecule has 1 saturated heterocycles. The number of fused-ring (bicyclic) bond motifs is 3. The van der Waals surface area contributed by atoms with E-state index >= 15 is 0 Å². The molecule has 2 bridgehead atoms. The number of carbonyl (C=O) groups excluding carboxylic acids is 2. The van der Waals surface area contributed by atoms with Crippen LogP contribution in [0.3, 0.4) is 0 Å². The highest BCUT2D eigenvalue weighted by molar-refractivity contribution is 5.97. The second-order valence-corrected chi connectivity index (χ2v) is 7.89. The maximum atomic E-state index is 12.3. The predicted octanol–water partition coefficient (Wildman–Crippen LogP) is 2.97. The number of pyridine rings is 1. The third-order valence-electron chi connectivity index (χ3n) is 5.99. The van der Waals surface area contributed by atoms with Gasteiger partial charge in [0.25, 0.3) is 0 Å². The number of nitrogens with one attached hydrogen (secondary N) is 2. The summed E-state index contributed by atoms with van der Waals surface area (Å²) in [7, 11) is 0. The molecule has 2 fully saturated rings. The summed E-state index contributed by atoms with van der Waals surface area (Å²) in [4.78, 5) is 34.1. The van der Waals surface area contributed by atoms with E-state index in [-0.39, 0.29) is 36.2 Å². The number of nitrogens with zero attached hydrogens (tertiary/aromatic N) is 3. The quantitative estimate of drug-likeness (QED) is 0.857. The Kier molecular flexibility index (Phi) is 3.93. The van der Waals surface area contributed by atoms with Crippen molar-refractivity contribution in [2.45, 2.75) is 50.6 Å². The molecule has 1 saturated carbocycles. The molecule has 2 aliphatic heterocycles. The monoisotopic (exact) mass is 375 g/mol. The second kappa shape index (κ2) is 6.48. The lowest BCUT2D eigenvalue weighted by Gasteiger charge is -2.34. The van der Waals surface area contributed by atoms with Crippen molar-refractivity contribution in [3.05, 3.63) is 30.0 Å². The Bertz CT molecular complexity index is 1040. The molecule has 0 radical (unpaired) electrons. The van der Waals surface area contributed by atoms with Crippen LogP contribution in [0.15, 0.2) is 24.4 Å². The Morgan fingerprint density at radius 2 is 2.18 bits per heavy atom. The third kappa shape index (κ3) is 2.85. The first kappa shape index (κ1) is 17.0. The molecule has 0 spiro atoms. The number of aromatic nitrogens is 2. The molecule has 142 valence electrons. The summed E-state index contributed by atoms with van der Waals surface area (Å²) in [5.74, 6) is 0.645. The zero-order valence-electron chi connectivity index (χ0n) is 15.4. The molecule has 1 aliphatic carbocycles. The van der Waals surface area contributed by atoms with Gasteiger partial charge in [0.05, 0.1) is 12.1 Å². The van der Waals surface area contributed by atoms with Crippen molar-refractivity contribution in [1.29, 1.82) is 5.26 Å². The third-order valence-corrected chi connectivity index (χ3v) is 5.99. The van der Waals surface area contributed by atoms with Crippen LogP contribution < -0.4 is 5.32 Å². The summed E-state index contributed by atoms with van der Waals surface area (Å²) in [6.07, 6.45) is 8.49. The van der Waals surface area contributed by atoms with Gasteiger partial charge in [-0.2, -0.15) is 5.26 Å². The Hall–Kier alpha value is -3.14. The summed E-state index contributed by atoms with van der Waals surface area (Å²) in [6.45, 7) is 0. The van der Waals surface area contributed by atoms with Gasteiger partial charge >= 0.3 is 0 Å². The molecule has 28 heavy (non-hydrogen) atoms. The number of hydrogen-bond acceptors (Lipinski definition) is 4. The van der Waals surface area contributed by atoms with E-state index in [1.807, 2.05) is 29.3 Å². The topological polar surface area (TPSA) is 102 Å². The molecule has 5 rings (SSSR count). The number of aromatic amines is 1. The molecule has 0 unspecified atom stereocenters. The van der Waals surface area contributed by atoms with Crippen molar-refractivity contribution in [2.24, 2.45) is 5.92 Å².